The van der Waals surface area contributed by atoms with Crippen molar-refractivity contribution in [1.82, 2.24) is 5.32 Å². The standard InChI is InChI=1S/C15H23NO3.BrH/c1-17-13-9-8-11(14(18-2)15(13)19-3)10-16-12-6-4-5-7-12;/h8-9,12,16H,4-7,10H2,1-3H3;1H. The lowest BCUT2D eigenvalue weighted by molar-refractivity contribution is 0.321. The summed E-state index contributed by atoms with van der Waals surface area (Å²) in [6.45, 7) is 0.800. The van der Waals surface area contributed by atoms with Crippen molar-refractivity contribution in [2.45, 2.75) is 38.3 Å². The molecule has 0 aromatic heterocycles. The number of hydrogen-bond donors (Lipinski definition) is 1. The van der Waals surface area contributed by atoms with Gasteiger partial charge in [0.05, 0.1) is 21.3 Å². The number of rotatable bonds is 6. The van der Waals surface area contributed by atoms with Crippen LogP contribution >= 0.6 is 17.0 Å². The summed E-state index contributed by atoms with van der Waals surface area (Å²) in [5.74, 6) is 2.12. The Balaban J connectivity index is 0.00000200. The molecule has 0 aliphatic heterocycles. The molecule has 0 spiro atoms. The molecule has 114 valence electrons. The molecule has 1 aromatic carbocycles. The maximum absolute atomic E-state index is 5.48. The van der Waals surface area contributed by atoms with Crippen LogP contribution in [0.3, 0.4) is 0 Å². The first-order chi connectivity index (χ1) is 9.30. The van der Waals surface area contributed by atoms with Gasteiger partial charge in [-0.1, -0.05) is 18.9 Å². The van der Waals surface area contributed by atoms with Crippen molar-refractivity contribution in [2.75, 3.05) is 21.3 Å². The Kier molecular flexibility index (Phi) is 7.16. The fourth-order valence-electron chi connectivity index (χ4n) is 2.69. The zero-order valence-electron chi connectivity index (χ0n) is 12.4. The predicted molar refractivity (Wildman–Crippen MR) is 85.5 cm³/mol. The first kappa shape index (κ1) is 17.1. The average molecular weight is 346 g/mol. The van der Waals surface area contributed by atoms with Crippen molar-refractivity contribution in [3.63, 3.8) is 0 Å². The summed E-state index contributed by atoms with van der Waals surface area (Å²) in [6.07, 6.45) is 5.21. The SMILES string of the molecule is Br.COc1ccc(CNC2CCCC2)c(OC)c1OC. The molecule has 1 aromatic rings. The Labute approximate surface area is 131 Å². The maximum atomic E-state index is 5.48. The van der Waals surface area contributed by atoms with Crippen LogP contribution < -0.4 is 19.5 Å². The quantitative estimate of drug-likeness (QED) is 0.858. The van der Waals surface area contributed by atoms with Gasteiger partial charge in [-0.05, 0) is 18.9 Å². The number of nitrogens with one attached hydrogen (secondary N) is 1. The molecule has 20 heavy (non-hydrogen) atoms. The lowest BCUT2D eigenvalue weighted by Crippen LogP contribution is -2.25. The lowest BCUT2D eigenvalue weighted by Gasteiger charge is -2.17. The van der Waals surface area contributed by atoms with Gasteiger partial charge in [-0.2, -0.15) is 0 Å². The third-order valence-electron chi connectivity index (χ3n) is 3.72. The van der Waals surface area contributed by atoms with E-state index in [0.29, 0.717) is 17.5 Å². The van der Waals surface area contributed by atoms with Gasteiger partial charge in [0.2, 0.25) is 5.75 Å². The molecule has 1 aliphatic rings. The van der Waals surface area contributed by atoms with Gasteiger partial charge in [-0.3, -0.25) is 0 Å². The summed E-state index contributed by atoms with van der Waals surface area (Å²) in [5.41, 5.74) is 1.10. The molecule has 2 rings (SSSR count). The minimum atomic E-state index is 0. The maximum Gasteiger partial charge on any atom is 0.203 e. The first-order valence-corrected chi connectivity index (χ1v) is 6.81. The Hall–Kier alpha value is -0.940. The zero-order valence-corrected chi connectivity index (χ0v) is 14.1. The second-order valence-corrected chi connectivity index (χ2v) is 4.86. The van der Waals surface area contributed by atoms with E-state index in [9.17, 15) is 0 Å². The van der Waals surface area contributed by atoms with Crippen LogP contribution in [0.15, 0.2) is 12.1 Å². The van der Waals surface area contributed by atoms with E-state index in [2.05, 4.69) is 5.32 Å². The van der Waals surface area contributed by atoms with Crippen LogP contribution in [0, 0.1) is 0 Å². The Morgan fingerprint density at radius 3 is 2.20 bits per heavy atom. The van der Waals surface area contributed by atoms with E-state index in [-0.39, 0.29) is 17.0 Å². The van der Waals surface area contributed by atoms with Crippen LogP contribution in [0.2, 0.25) is 0 Å². The highest BCUT2D eigenvalue weighted by molar-refractivity contribution is 8.93. The first-order valence-electron chi connectivity index (χ1n) is 6.81. The number of benzene rings is 1. The highest BCUT2D eigenvalue weighted by Crippen LogP contribution is 2.39. The summed E-state index contributed by atoms with van der Waals surface area (Å²) in [6, 6.07) is 4.59. The van der Waals surface area contributed by atoms with Gasteiger partial charge < -0.3 is 19.5 Å². The van der Waals surface area contributed by atoms with Crippen LogP contribution in [-0.4, -0.2) is 27.4 Å². The molecule has 1 saturated carbocycles. The highest BCUT2D eigenvalue weighted by atomic mass is 79.9. The molecule has 0 bridgehead atoms. The van der Waals surface area contributed by atoms with Crippen molar-refractivity contribution in [1.29, 1.82) is 0 Å². The summed E-state index contributed by atoms with van der Waals surface area (Å²) in [7, 11) is 4.93. The Morgan fingerprint density at radius 2 is 1.65 bits per heavy atom. The van der Waals surface area contributed by atoms with Crippen LogP contribution in [0.1, 0.15) is 31.2 Å². The van der Waals surface area contributed by atoms with Crippen molar-refractivity contribution in [2.24, 2.45) is 0 Å². The summed E-state index contributed by atoms with van der Waals surface area (Å²) < 4.78 is 16.2. The topological polar surface area (TPSA) is 39.7 Å². The fourth-order valence-corrected chi connectivity index (χ4v) is 2.69. The molecule has 0 radical (unpaired) electrons. The minimum absolute atomic E-state index is 0. The van der Waals surface area contributed by atoms with E-state index < -0.39 is 0 Å². The third-order valence-corrected chi connectivity index (χ3v) is 3.72. The van der Waals surface area contributed by atoms with Gasteiger partial charge in [-0.25, -0.2) is 0 Å². The molecular weight excluding hydrogens is 322 g/mol. The van der Waals surface area contributed by atoms with E-state index in [1.807, 2.05) is 12.1 Å². The summed E-state index contributed by atoms with van der Waals surface area (Å²) in [5, 5.41) is 3.59. The number of halogens is 1. The van der Waals surface area contributed by atoms with Gasteiger partial charge >= 0.3 is 0 Å². The van der Waals surface area contributed by atoms with Gasteiger partial charge in [0.15, 0.2) is 11.5 Å². The van der Waals surface area contributed by atoms with Crippen LogP contribution in [0.4, 0.5) is 0 Å². The molecule has 4 nitrogen and oxygen atoms in total. The van der Waals surface area contributed by atoms with Gasteiger partial charge in [0, 0.05) is 18.2 Å². The van der Waals surface area contributed by atoms with Crippen molar-refractivity contribution in [3.8, 4) is 17.2 Å². The van der Waals surface area contributed by atoms with E-state index in [1.54, 1.807) is 21.3 Å². The molecule has 5 heteroatoms. The predicted octanol–water partition coefficient (Wildman–Crippen LogP) is 3.32. The highest BCUT2D eigenvalue weighted by Gasteiger charge is 2.18. The second-order valence-electron chi connectivity index (χ2n) is 4.86. The summed E-state index contributed by atoms with van der Waals surface area (Å²) in [4.78, 5) is 0. The Morgan fingerprint density at radius 1 is 1.00 bits per heavy atom. The van der Waals surface area contributed by atoms with Gasteiger partial charge in [-0.15, -0.1) is 17.0 Å². The van der Waals surface area contributed by atoms with Gasteiger partial charge in [0.1, 0.15) is 0 Å². The number of methoxy groups -OCH3 is 3. The minimum Gasteiger partial charge on any atom is -0.493 e. The van der Waals surface area contributed by atoms with Gasteiger partial charge in [0.25, 0.3) is 0 Å². The smallest absolute Gasteiger partial charge is 0.203 e. The van der Waals surface area contributed by atoms with E-state index >= 15 is 0 Å². The van der Waals surface area contributed by atoms with Crippen molar-refractivity contribution >= 4 is 17.0 Å². The zero-order chi connectivity index (χ0) is 13.7. The average Bonchev–Trinajstić information content (AvgIpc) is 2.96. The molecule has 0 atom stereocenters. The second kappa shape index (κ2) is 8.37. The monoisotopic (exact) mass is 345 g/mol. The molecule has 0 saturated heterocycles. The number of ether oxygens (including phenoxy) is 3. The normalized spacial score (nSPS) is 14.8. The van der Waals surface area contributed by atoms with E-state index in [0.717, 1.165) is 17.9 Å². The molecular formula is C15H24BrNO3. The third kappa shape index (κ3) is 3.79. The number of hydrogen-bond acceptors (Lipinski definition) is 4. The molecule has 1 N–H and O–H groups in total. The van der Waals surface area contributed by atoms with Crippen LogP contribution in [-0.2, 0) is 6.54 Å². The molecule has 1 fully saturated rings. The summed E-state index contributed by atoms with van der Waals surface area (Å²) >= 11 is 0. The fraction of sp³-hybridized carbons (Fsp3) is 0.600. The van der Waals surface area contributed by atoms with E-state index in [1.165, 1.54) is 25.7 Å². The molecule has 1 aliphatic carbocycles. The van der Waals surface area contributed by atoms with E-state index in [4.69, 9.17) is 14.2 Å². The lowest BCUT2D eigenvalue weighted by atomic mass is 10.1. The Bertz CT molecular complexity index is 420. The van der Waals surface area contributed by atoms with Crippen LogP contribution in [0.25, 0.3) is 0 Å². The molecule has 0 unspecified atom stereocenters. The largest absolute Gasteiger partial charge is 0.493 e. The molecule has 0 heterocycles. The van der Waals surface area contributed by atoms with Crippen molar-refractivity contribution < 1.29 is 14.2 Å². The van der Waals surface area contributed by atoms with Crippen molar-refractivity contribution in [3.05, 3.63) is 17.7 Å². The molecule has 0 amide bonds. The van der Waals surface area contributed by atoms with Crippen LogP contribution in [0.5, 0.6) is 17.2 Å².